The van der Waals surface area contributed by atoms with E-state index in [0.717, 1.165) is 6.26 Å². The summed E-state index contributed by atoms with van der Waals surface area (Å²) in [5, 5.41) is 12.2. The number of fused-ring (bicyclic) bond motifs is 1. The van der Waals surface area contributed by atoms with Crippen LogP contribution in [0.2, 0.25) is 0 Å². The fourth-order valence-electron chi connectivity index (χ4n) is 2.92. The Bertz CT molecular complexity index is 1050. The number of aromatic amines is 1. The van der Waals surface area contributed by atoms with Gasteiger partial charge in [-0.2, -0.15) is 0 Å². The van der Waals surface area contributed by atoms with Crippen molar-refractivity contribution in [3.8, 4) is 0 Å². The van der Waals surface area contributed by atoms with Crippen molar-refractivity contribution in [2.75, 3.05) is 12.8 Å². The van der Waals surface area contributed by atoms with E-state index in [2.05, 4.69) is 20.0 Å². The summed E-state index contributed by atoms with van der Waals surface area (Å²) in [5.41, 5.74) is 0.341. The van der Waals surface area contributed by atoms with Gasteiger partial charge in [-0.05, 0) is 37.8 Å². The number of carbonyl (C=O) groups is 2. The molecule has 10 nitrogen and oxygen atoms in total. The molecule has 0 spiro atoms. The quantitative estimate of drug-likeness (QED) is 0.352. The lowest BCUT2D eigenvalue weighted by atomic mass is 10.1. The molecule has 0 saturated carbocycles. The first kappa shape index (κ1) is 23.5. The number of nitrogens with one attached hydrogen (secondary N) is 3. The first-order chi connectivity index (χ1) is 14.2. The molecule has 0 saturated heterocycles. The number of benzene rings is 1. The van der Waals surface area contributed by atoms with Gasteiger partial charge >= 0.3 is 5.97 Å². The summed E-state index contributed by atoms with van der Waals surface area (Å²) in [7, 11) is -3.27. The average Bonchev–Trinajstić information content (AvgIpc) is 2.66. The van der Waals surface area contributed by atoms with E-state index in [1.807, 2.05) is 0 Å². The van der Waals surface area contributed by atoms with Gasteiger partial charge in [0.25, 0.3) is 5.56 Å². The van der Waals surface area contributed by atoms with E-state index in [-0.39, 0.29) is 24.9 Å². The molecule has 164 valence electrons. The van der Waals surface area contributed by atoms with Crippen molar-refractivity contribution in [2.24, 2.45) is 0 Å². The number of carboxylic acids is 1. The van der Waals surface area contributed by atoms with Gasteiger partial charge in [0.05, 0.1) is 17.2 Å². The SMILES string of the molecule is CS(=O)(=O)NCCCC[C@H](NC(=O)CCCc1nc2ccccc2c(=O)[nH]1)C(=O)O. The summed E-state index contributed by atoms with van der Waals surface area (Å²) in [6.07, 6.45) is 3.04. The smallest absolute Gasteiger partial charge is 0.326 e. The largest absolute Gasteiger partial charge is 0.480 e. The van der Waals surface area contributed by atoms with Crippen LogP contribution in [0.3, 0.4) is 0 Å². The number of rotatable bonds is 12. The van der Waals surface area contributed by atoms with Crippen molar-refractivity contribution < 1.29 is 23.1 Å². The van der Waals surface area contributed by atoms with Crippen LogP contribution >= 0.6 is 0 Å². The van der Waals surface area contributed by atoms with Crippen LogP contribution in [0.15, 0.2) is 29.1 Å². The van der Waals surface area contributed by atoms with E-state index < -0.39 is 27.9 Å². The minimum absolute atomic E-state index is 0.0932. The number of H-pyrrole nitrogens is 1. The van der Waals surface area contributed by atoms with Gasteiger partial charge in [-0.3, -0.25) is 9.59 Å². The second-order valence-electron chi connectivity index (χ2n) is 7.00. The number of aromatic nitrogens is 2. The van der Waals surface area contributed by atoms with Gasteiger partial charge in [-0.1, -0.05) is 12.1 Å². The number of para-hydroxylation sites is 1. The van der Waals surface area contributed by atoms with E-state index >= 15 is 0 Å². The maximum Gasteiger partial charge on any atom is 0.326 e. The predicted octanol–water partition coefficient (Wildman–Crippen LogP) is 0.535. The molecule has 2 aromatic rings. The van der Waals surface area contributed by atoms with E-state index in [1.54, 1.807) is 24.3 Å². The van der Waals surface area contributed by atoms with Crippen LogP contribution in [0.25, 0.3) is 10.9 Å². The van der Waals surface area contributed by atoms with Gasteiger partial charge in [-0.15, -0.1) is 0 Å². The maximum absolute atomic E-state index is 12.1. The lowest BCUT2D eigenvalue weighted by molar-refractivity contribution is -0.142. The minimum Gasteiger partial charge on any atom is -0.480 e. The zero-order valence-corrected chi connectivity index (χ0v) is 17.5. The van der Waals surface area contributed by atoms with Gasteiger partial charge in [0.15, 0.2) is 0 Å². The van der Waals surface area contributed by atoms with Gasteiger partial charge in [0.2, 0.25) is 15.9 Å². The second kappa shape index (κ2) is 10.8. The van der Waals surface area contributed by atoms with Crippen LogP contribution in [0.5, 0.6) is 0 Å². The molecule has 0 aliphatic carbocycles. The summed E-state index contributed by atoms with van der Waals surface area (Å²) >= 11 is 0. The van der Waals surface area contributed by atoms with Crippen LogP contribution in [-0.4, -0.2) is 54.2 Å². The summed E-state index contributed by atoms with van der Waals surface area (Å²) < 4.78 is 24.3. The van der Waals surface area contributed by atoms with Crippen LogP contribution in [-0.2, 0) is 26.0 Å². The number of amides is 1. The van der Waals surface area contributed by atoms with Crippen LogP contribution in [0.1, 0.15) is 37.9 Å². The molecule has 1 aromatic carbocycles. The molecule has 1 heterocycles. The van der Waals surface area contributed by atoms with E-state index in [1.165, 1.54) is 0 Å². The van der Waals surface area contributed by atoms with Crippen molar-refractivity contribution >= 4 is 32.8 Å². The highest BCUT2D eigenvalue weighted by molar-refractivity contribution is 7.88. The van der Waals surface area contributed by atoms with Crippen molar-refractivity contribution in [3.63, 3.8) is 0 Å². The van der Waals surface area contributed by atoms with Crippen molar-refractivity contribution in [3.05, 3.63) is 40.4 Å². The summed E-state index contributed by atoms with van der Waals surface area (Å²) in [5.74, 6) is -1.07. The average molecular weight is 439 g/mol. The van der Waals surface area contributed by atoms with Gasteiger partial charge in [0.1, 0.15) is 11.9 Å². The zero-order valence-electron chi connectivity index (χ0n) is 16.7. The number of nitrogens with zero attached hydrogens (tertiary/aromatic N) is 1. The maximum atomic E-state index is 12.1. The Kier molecular flexibility index (Phi) is 8.48. The van der Waals surface area contributed by atoms with Crippen LogP contribution in [0.4, 0.5) is 0 Å². The normalized spacial score (nSPS) is 12.6. The highest BCUT2D eigenvalue weighted by Crippen LogP contribution is 2.08. The summed E-state index contributed by atoms with van der Waals surface area (Å²) in [6, 6.07) is 5.93. The Morgan fingerprint density at radius 1 is 1.20 bits per heavy atom. The molecule has 0 aliphatic heterocycles. The second-order valence-corrected chi connectivity index (χ2v) is 8.84. The summed E-state index contributed by atoms with van der Waals surface area (Å²) in [4.78, 5) is 42.5. The fraction of sp³-hybridized carbons (Fsp3) is 0.474. The monoisotopic (exact) mass is 438 g/mol. The molecule has 1 aromatic heterocycles. The third-order valence-corrected chi connectivity index (χ3v) is 5.12. The number of aryl methyl sites for hydroxylation is 1. The van der Waals surface area contributed by atoms with E-state index in [9.17, 15) is 27.9 Å². The molecule has 0 fully saturated rings. The van der Waals surface area contributed by atoms with Crippen molar-refractivity contribution in [1.29, 1.82) is 0 Å². The number of unbranched alkanes of at least 4 members (excludes halogenated alkanes) is 1. The fourth-order valence-corrected chi connectivity index (χ4v) is 3.44. The molecule has 1 atom stereocenters. The molecule has 0 aliphatic rings. The molecule has 2 rings (SSSR count). The predicted molar refractivity (Wildman–Crippen MR) is 112 cm³/mol. The highest BCUT2D eigenvalue weighted by atomic mass is 32.2. The Morgan fingerprint density at radius 2 is 1.93 bits per heavy atom. The van der Waals surface area contributed by atoms with E-state index in [4.69, 9.17) is 0 Å². The zero-order chi connectivity index (χ0) is 22.1. The van der Waals surface area contributed by atoms with Crippen LogP contribution in [0, 0.1) is 0 Å². The molecule has 30 heavy (non-hydrogen) atoms. The number of aliphatic carboxylic acids is 1. The Labute approximate surface area is 174 Å². The lowest BCUT2D eigenvalue weighted by Crippen LogP contribution is -2.40. The molecule has 1 amide bonds. The molecular formula is C19H26N4O6S. The Balaban J connectivity index is 1.77. The number of sulfonamides is 1. The minimum atomic E-state index is -3.27. The number of carboxylic acid groups (broad SMARTS) is 1. The molecule has 4 N–H and O–H groups in total. The number of carbonyl (C=O) groups excluding carboxylic acids is 1. The third kappa shape index (κ3) is 7.91. The van der Waals surface area contributed by atoms with Gasteiger partial charge < -0.3 is 15.4 Å². The molecular weight excluding hydrogens is 412 g/mol. The van der Waals surface area contributed by atoms with Gasteiger partial charge in [-0.25, -0.2) is 22.9 Å². The third-order valence-electron chi connectivity index (χ3n) is 4.40. The van der Waals surface area contributed by atoms with Gasteiger partial charge in [0, 0.05) is 19.4 Å². The molecule has 0 unspecified atom stereocenters. The summed E-state index contributed by atoms with van der Waals surface area (Å²) in [6.45, 7) is 0.218. The first-order valence-corrected chi connectivity index (χ1v) is 11.5. The topological polar surface area (TPSA) is 158 Å². The highest BCUT2D eigenvalue weighted by Gasteiger charge is 2.19. The molecule has 0 radical (unpaired) electrons. The molecule has 0 bridgehead atoms. The lowest BCUT2D eigenvalue weighted by Gasteiger charge is -2.14. The number of hydrogen-bond acceptors (Lipinski definition) is 6. The Morgan fingerprint density at radius 3 is 2.63 bits per heavy atom. The molecule has 11 heteroatoms. The van der Waals surface area contributed by atoms with Crippen molar-refractivity contribution in [2.45, 2.75) is 44.6 Å². The standard InChI is InChI=1S/C19H26N4O6S/c1-30(28,29)20-12-5-4-9-15(19(26)27)22-17(24)11-6-10-16-21-14-8-3-2-7-13(14)18(25)23-16/h2-3,7-8,15,20H,4-6,9-12H2,1H3,(H,22,24)(H,26,27)(H,21,23,25)/t15-/m0/s1. The first-order valence-electron chi connectivity index (χ1n) is 9.60. The number of hydrogen-bond donors (Lipinski definition) is 4. The van der Waals surface area contributed by atoms with Crippen LogP contribution < -0.4 is 15.6 Å². The van der Waals surface area contributed by atoms with E-state index in [0.29, 0.717) is 42.4 Å². The Hall–Kier alpha value is -2.79. The van der Waals surface area contributed by atoms with Crippen molar-refractivity contribution in [1.82, 2.24) is 20.0 Å².